The molecule has 0 aromatic rings. The summed E-state index contributed by atoms with van der Waals surface area (Å²) in [6.07, 6.45) is -0.761. The molecule has 0 aromatic heterocycles. The second kappa shape index (κ2) is 13.0. The van der Waals surface area contributed by atoms with Crippen LogP contribution in [0.2, 0.25) is 0 Å². The van der Waals surface area contributed by atoms with E-state index >= 15 is 0 Å². The Balaban J connectivity index is 0. The van der Waals surface area contributed by atoms with E-state index < -0.39 is 56.6 Å². The molecule has 9 heteroatoms. The molecule has 9 N–H and O–H groups in total. The lowest BCUT2D eigenvalue weighted by Crippen LogP contribution is -2.45. The van der Waals surface area contributed by atoms with E-state index in [1.54, 1.807) is 6.92 Å². The van der Waals surface area contributed by atoms with Crippen LogP contribution in [0.4, 0.5) is 0 Å². The van der Waals surface area contributed by atoms with Crippen molar-refractivity contribution in [1.82, 2.24) is 0 Å². The maximum atomic E-state index is 9.25. The first-order chi connectivity index (χ1) is 10.8. The van der Waals surface area contributed by atoms with Crippen LogP contribution in [0.15, 0.2) is 0 Å². The molecule has 0 aromatic carbocycles. The first-order valence-electron chi connectivity index (χ1n) is 7.35. The summed E-state index contributed by atoms with van der Waals surface area (Å²) in [7, 11) is 0. The van der Waals surface area contributed by atoms with Crippen molar-refractivity contribution in [3.8, 4) is 0 Å². The molecule has 0 amide bonds. The van der Waals surface area contributed by atoms with Crippen molar-refractivity contribution in [3.63, 3.8) is 0 Å². The molecule has 0 aliphatic rings. The van der Waals surface area contributed by atoms with E-state index in [1.807, 2.05) is 0 Å². The van der Waals surface area contributed by atoms with Crippen molar-refractivity contribution in [2.24, 2.45) is 16.7 Å². The van der Waals surface area contributed by atoms with Gasteiger partial charge < -0.3 is 46.0 Å². The Labute approximate surface area is 136 Å². The summed E-state index contributed by atoms with van der Waals surface area (Å²) in [4.78, 5) is 0. The highest BCUT2D eigenvalue weighted by Crippen LogP contribution is 2.36. The van der Waals surface area contributed by atoms with Gasteiger partial charge in [-0.1, -0.05) is 6.92 Å². The monoisotopic (exact) mass is 344 g/mol. The van der Waals surface area contributed by atoms with Crippen LogP contribution in [0.5, 0.6) is 0 Å². The molecule has 0 heterocycles. The summed E-state index contributed by atoms with van der Waals surface area (Å²) in [6.45, 7) is -1.45. The third kappa shape index (κ3) is 7.84. The third-order valence-corrected chi connectivity index (χ3v) is 4.16. The van der Waals surface area contributed by atoms with E-state index in [1.165, 1.54) is 0 Å². The molecule has 23 heavy (non-hydrogen) atoms. The van der Waals surface area contributed by atoms with Gasteiger partial charge in [-0.05, 0) is 12.3 Å². The summed E-state index contributed by atoms with van der Waals surface area (Å²) in [5, 5.41) is 79.4. The molecule has 0 fully saturated rings. The first-order valence-corrected chi connectivity index (χ1v) is 7.35. The first kappa shape index (κ1) is 24.9. The molecule has 0 radical (unpaired) electrons. The van der Waals surface area contributed by atoms with E-state index in [0.717, 1.165) is 0 Å². The topological polar surface area (TPSA) is 182 Å². The van der Waals surface area contributed by atoms with E-state index in [0.29, 0.717) is 0 Å². The van der Waals surface area contributed by atoms with Crippen molar-refractivity contribution in [1.29, 1.82) is 0 Å². The fourth-order valence-electron chi connectivity index (χ4n) is 1.88. The SMILES string of the molecule is CC(CC(CO)(CO)CO)C(CO)(CO)CO.OCC(O)CO. The van der Waals surface area contributed by atoms with Gasteiger partial charge in [-0.3, -0.25) is 0 Å². The minimum absolute atomic E-state index is 0.193. The van der Waals surface area contributed by atoms with Gasteiger partial charge in [0.15, 0.2) is 0 Å². The van der Waals surface area contributed by atoms with Gasteiger partial charge in [0.2, 0.25) is 0 Å². The van der Waals surface area contributed by atoms with Crippen molar-refractivity contribution in [2.75, 3.05) is 52.9 Å². The second-order valence-corrected chi connectivity index (χ2v) is 5.94. The minimum atomic E-state index is -1.08. The van der Waals surface area contributed by atoms with Gasteiger partial charge in [-0.25, -0.2) is 0 Å². The van der Waals surface area contributed by atoms with Gasteiger partial charge in [0.1, 0.15) is 6.10 Å². The molecule has 0 aliphatic carbocycles. The summed E-state index contributed by atoms with van der Waals surface area (Å²) < 4.78 is 0. The third-order valence-electron chi connectivity index (χ3n) is 4.16. The largest absolute Gasteiger partial charge is 0.396 e. The number of aliphatic hydroxyl groups is 9. The van der Waals surface area contributed by atoms with Gasteiger partial charge in [-0.15, -0.1) is 0 Å². The Morgan fingerprint density at radius 1 is 0.652 bits per heavy atom. The molecular formula is C14H32O9. The zero-order chi connectivity index (χ0) is 18.5. The van der Waals surface area contributed by atoms with Crippen LogP contribution in [0.3, 0.4) is 0 Å². The van der Waals surface area contributed by atoms with Gasteiger partial charge in [0.25, 0.3) is 0 Å². The standard InChI is InChI=1S/C11H24O6.C3H8O3/c1-9(11(6-15,7-16)8-17)2-10(3-12,4-13)5-14;4-1-3(6)2-5/h9,12-17H,2-8H2,1H3;3-6H,1-2H2. The number of hydrogen-bond donors (Lipinski definition) is 9. The summed E-state index contributed by atoms with van der Waals surface area (Å²) in [5.41, 5.74) is -2.14. The number of aliphatic hydroxyl groups excluding tert-OH is 9. The summed E-state index contributed by atoms with van der Waals surface area (Å²) in [6, 6.07) is 0. The smallest absolute Gasteiger partial charge is 0.100 e. The second-order valence-electron chi connectivity index (χ2n) is 5.94. The van der Waals surface area contributed by atoms with Crippen molar-refractivity contribution in [3.05, 3.63) is 0 Å². The van der Waals surface area contributed by atoms with E-state index in [9.17, 15) is 30.6 Å². The number of hydrogen-bond acceptors (Lipinski definition) is 9. The Kier molecular flexibility index (Phi) is 14.1. The normalized spacial score (nSPS) is 13.7. The van der Waals surface area contributed by atoms with E-state index in [-0.39, 0.29) is 25.6 Å². The minimum Gasteiger partial charge on any atom is -0.396 e. The maximum Gasteiger partial charge on any atom is 0.100 e. The predicted molar refractivity (Wildman–Crippen MR) is 81.3 cm³/mol. The van der Waals surface area contributed by atoms with Crippen LogP contribution in [0.1, 0.15) is 13.3 Å². The highest BCUT2D eigenvalue weighted by molar-refractivity contribution is 4.89. The lowest BCUT2D eigenvalue weighted by molar-refractivity contribution is -0.0730. The van der Waals surface area contributed by atoms with E-state index in [2.05, 4.69) is 0 Å². The van der Waals surface area contributed by atoms with Crippen molar-refractivity contribution in [2.45, 2.75) is 19.4 Å². The van der Waals surface area contributed by atoms with Crippen LogP contribution in [-0.4, -0.2) is 105 Å². The average molecular weight is 344 g/mol. The molecule has 0 aliphatic heterocycles. The molecule has 0 saturated carbocycles. The molecule has 0 rings (SSSR count). The molecule has 1 unspecified atom stereocenters. The zero-order valence-corrected chi connectivity index (χ0v) is 13.5. The lowest BCUT2D eigenvalue weighted by Gasteiger charge is -2.39. The van der Waals surface area contributed by atoms with Gasteiger partial charge in [0.05, 0.1) is 52.9 Å². The highest BCUT2D eigenvalue weighted by atomic mass is 16.3. The lowest BCUT2D eigenvalue weighted by atomic mass is 9.70. The molecular weight excluding hydrogens is 312 g/mol. The Morgan fingerprint density at radius 2 is 1.00 bits per heavy atom. The molecule has 0 bridgehead atoms. The maximum absolute atomic E-state index is 9.25. The van der Waals surface area contributed by atoms with Crippen LogP contribution >= 0.6 is 0 Å². The Bertz CT molecular complexity index is 246. The number of rotatable bonds is 11. The fourth-order valence-corrected chi connectivity index (χ4v) is 1.88. The van der Waals surface area contributed by atoms with Crippen molar-refractivity contribution >= 4 is 0 Å². The van der Waals surface area contributed by atoms with Gasteiger partial charge in [0, 0.05) is 10.8 Å². The van der Waals surface area contributed by atoms with Crippen LogP contribution < -0.4 is 0 Å². The molecule has 142 valence electrons. The predicted octanol–water partition coefficient (Wildman–Crippen LogP) is -3.73. The average Bonchev–Trinajstić information content (AvgIpc) is 2.61. The van der Waals surface area contributed by atoms with Crippen molar-refractivity contribution < 1.29 is 46.0 Å². The van der Waals surface area contributed by atoms with Crippen LogP contribution in [0.25, 0.3) is 0 Å². The van der Waals surface area contributed by atoms with Crippen LogP contribution in [-0.2, 0) is 0 Å². The van der Waals surface area contributed by atoms with Gasteiger partial charge >= 0.3 is 0 Å². The fraction of sp³-hybridized carbons (Fsp3) is 1.00. The molecule has 1 atom stereocenters. The van der Waals surface area contributed by atoms with E-state index in [4.69, 9.17) is 15.3 Å². The Hall–Kier alpha value is -0.360. The Morgan fingerprint density at radius 3 is 1.17 bits per heavy atom. The summed E-state index contributed by atoms with van der Waals surface area (Å²) >= 11 is 0. The van der Waals surface area contributed by atoms with Crippen LogP contribution in [0, 0.1) is 16.7 Å². The molecule has 9 nitrogen and oxygen atoms in total. The molecule has 0 spiro atoms. The zero-order valence-electron chi connectivity index (χ0n) is 13.5. The highest BCUT2D eigenvalue weighted by Gasteiger charge is 2.40. The molecule has 0 saturated heterocycles. The quantitative estimate of drug-likeness (QED) is 0.182. The van der Waals surface area contributed by atoms with Gasteiger partial charge in [-0.2, -0.15) is 0 Å². The summed E-state index contributed by atoms with van der Waals surface area (Å²) in [5.74, 6) is -0.367.